The van der Waals surface area contributed by atoms with E-state index in [0.29, 0.717) is 18.8 Å². The Morgan fingerprint density at radius 2 is 1.93 bits per heavy atom. The summed E-state index contributed by atoms with van der Waals surface area (Å²) in [4.78, 5) is 38.8. The number of benzene rings is 2. The highest BCUT2D eigenvalue weighted by Gasteiger charge is 2.42. The maximum atomic E-state index is 16.4. The van der Waals surface area contributed by atoms with Gasteiger partial charge in [-0.15, -0.1) is 0 Å². The van der Waals surface area contributed by atoms with Gasteiger partial charge in [0, 0.05) is 19.6 Å². The van der Waals surface area contributed by atoms with Crippen molar-refractivity contribution in [3.05, 3.63) is 82.8 Å². The Balaban J connectivity index is 1.54. The number of anilines is 1. The van der Waals surface area contributed by atoms with Crippen molar-refractivity contribution in [3.8, 4) is 28.4 Å². The minimum Gasteiger partial charge on any atom is -0.507 e. The van der Waals surface area contributed by atoms with Gasteiger partial charge in [-0.3, -0.25) is 4.79 Å². The molecule has 4 aromatic rings. The summed E-state index contributed by atoms with van der Waals surface area (Å²) in [5.74, 6) is -2.70. The number of fused-ring (bicyclic) bond motifs is 2. The van der Waals surface area contributed by atoms with Crippen molar-refractivity contribution in [2.45, 2.75) is 31.2 Å². The molecule has 0 unspecified atom stereocenters. The lowest BCUT2D eigenvalue weighted by molar-refractivity contribution is -0.126. The first kappa shape index (κ1) is 26.1. The van der Waals surface area contributed by atoms with Crippen molar-refractivity contribution in [1.29, 1.82) is 0 Å². The van der Waals surface area contributed by atoms with E-state index in [0.717, 1.165) is 24.5 Å². The lowest BCUT2D eigenvalue weighted by Crippen LogP contribution is -2.56. The second-order valence-electron chi connectivity index (χ2n) is 11.2. The van der Waals surface area contributed by atoms with Crippen molar-refractivity contribution in [3.63, 3.8) is 0 Å². The fourth-order valence-electron chi connectivity index (χ4n) is 6.07. The number of aromatic hydroxyl groups is 1. The lowest BCUT2D eigenvalue weighted by Gasteiger charge is -2.40. The summed E-state index contributed by atoms with van der Waals surface area (Å²) in [6.45, 7) is 6.51. The molecule has 214 valence electrons. The molecule has 2 aromatic heterocycles. The number of rotatable bonds is 4. The smallest absolute Gasteiger partial charge is 0.355 e. The number of phenols is 1. The Labute approximate surface area is 239 Å². The number of nitrogens with zero attached hydrogens (tertiary/aromatic N) is 5. The molecule has 2 aromatic carbocycles. The molecule has 0 bridgehead atoms. The number of hydrogen-bond donors (Lipinski definition) is 1. The van der Waals surface area contributed by atoms with Crippen LogP contribution in [0.4, 0.5) is 14.6 Å². The summed E-state index contributed by atoms with van der Waals surface area (Å²) in [6, 6.07) is 10.6. The molecule has 42 heavy (non-hydrogen) atoms. The van der Waals surface area contributed by atoms with E-state index >= 15 is 8.78 Å². The van der Waals surface area contributed by atoms with Crippen molar-refractivity contribution in [2.75, 3.05) is 31.1 Å². The summed E-state index contributed by atoms with van der Waals surface area (Å²) < 4.78 is 38.9. The molecule has 9 nitrogen and oxygen atoms in total. The number of aromatic nitrogens is 3. The summed E-state index contributed by atoms with van der Waals surface area (Å²) in [5, 5.41) is 10.7. The van der Waals surface area contributed by atoms with Gasteiger partial charge in [-0.2, -0.15) is 4.98 Å². The first-order chi connectivity index (χ1) is 20.2. The van der Waals surface area contributed by atoms with Crippen molar-refractivity contribution < 1.29 is 23.4 Å². The second-order valence-corrected chi connectivity index (χ2v) is 11.2. The zero-order valence-corrected chi connectivity index (χ0v) is 22.8. The zero-order valence-electron chi connectivity index (χ0n) is 22.8. The summed E-state index contributed by atoms with van der Waals surface area (Å²) in [5.41, 5.74) is -0.249. The molecule has 0 radical (unpaired) electrons. The van der Waals surface area contributed by atoms with Crippen LogP contribution in [0.25, 0.3) is 28.0 Å². The average Bonchev–Trinajstić information content (AvgIpc) is 3.76. The minimum atomic E-state index is -0.988. The van der Waals surface area contributed by atoms with Gasteiger partial charge in [-0.05, 0) is 48.1 Å². The van der Waals surface area contributed by atoms with Crippen LogP contribution in [0.15, 0.2) is 59.9 Å². The molecular weight excluding hydrogens is 544 g/mol. The normalized spacial score (nSPS) is 18.7. The number of para-hydroxylation sites is 1. The van der Waals surface area contributed by atoms with Crippen LogP contribution in [0.3, 0.4) is 0 Å². The third kappa shape index (κ3) is 3.87. The highest BCUT2D eigenvalue weighted by molar-refractivity contribution is 5.97. The fraction of sp³-hybridized carbons (Fsp3) is 0.290. The number of carbonyl (C=O) groups is 1. The first-order valence-corrected chi connectivity index (χ1v) is 13.8. The molecule has 11 heteroatoms. The van der Waals surface area contributed by atoms with E-state index in [1.165, 1.54) is 22.8 Å². The van der Waals surface area contributed by atoms with E-state index in [4.69, 9.17) is 4.74 Å². The molecular formula is C31H27F2N5O4. The molecule has 1 saturated heterocycles. The Bertz CT molecular complexity index is 1850. The maximum absolute atomic E-state index is 16.4. The van der Waals surface area contributed by atoms with Crippen LogP contribution in [-0.4, -0.2) is 62.7 Å². The van der Waals surface area contributed by atoms with Gasteiger partial charge in [0.1, 0.15) is 35.1 Å². The number of carbonyl (C=O) groups excluding carboxylic acids is 1. The van der Waals surface area contributed by atoms with E-state index in [-0.39, 0.29) is 47.1 Å². The van der Waals surface area contributed by atoms with Crippen LogP contribution in [0.1, 0.15) is 25.3 Å². The van der Waals surface area contributed by atoms with E-state index in [2.05, 4.69) is 23.5 Å². The van der Waals surface area contributed by atoms with Crippen molar-refractivity contribution >= 4 is 22.8 Å². The summed E-state index contributed by atoms with van der Waals surface area (Å²) in [6.07, 6.45) is 3.10. The molecule has 4 heterocycles. The summed E-state index contributed by atoms with van der Waals surface area (Å²) >= 11 is 0. The molecule has 0 spiro atoms. The molecule has 2 aliphatic heterocycles. The number of halogens is 2. The molecule has 1 saturated carbocycles. The quantitative estimate of drug-likeness (QED) is 0.369. The predicted molar refractivity (Wildman–Crippen MR) is 152 cm³/mol. The number of ether oxygens (including phenoxy) is 1. The Morgan fingerprint density at radius 3 is 2.67 bits per heavy atom. The van der Waals surface area contributed by atoms with Crippen LogP contribution in [0.5, 0.6) is 11.5 Å². The number of hydrogen-bond acceptors (Lipinski definition) is 7. The highest BCUT2D eigenvalue weighted by atomic mass is 19.1. The zero-order chi connectivity index (χ0) is 29.3. The Kier molecular flexibility index (Phi) is 5.83. The third-order valence-electron chi connectivity index (χ3n) is 8.59. The third-order valence-corrected chi connectivity index (χ3v) is 8.59. The molecule has 1 atom stereocenters. The summed E-state index contributed by atoms with van der Waals surface area (Å²) in [7, 11) is 0. The largest absolute Gasteiger partial charge is 0.507 e. The fourth-order valence-corrected chi connectivity index (χ4v) is 6.07. The van der Waals surface area contributed by atoms with E-state index < -0.39 is 40.4 Å². The molecule has 2 fully saturated rings. The first-order valence-electron chi connectivity index (χ1n) is 13.8. The minimum absolute atomic E-state index is 0.0287. The predicted octanol–water partition coefficient (Wildman–Crippen LogP) is 4.08. The van der Waals surface area contributed by atoms with Crippen LogP contribution in [0, 0.1) is 11.6 Å². The number of piperazine rings is 1. The number of pyridine rings is 1. The Morgan fingerprint density at radius 1 is 1.14 bits per heavy atom. The average molecular weight is 572 g/mol. The molecule has 1 N–H and O–H groups in total. The SMILES string of the molecule is C=CC(=O)N1CCN2c3nc(=O)n(-c4ccccc4C4(C)CC4)c4nc(-c5c(O)cccc5F)c(F)c(c34)OC[C@H]2C1. The van der Waals surface area contributed by atoms with Crippen LogP contribution < -0.4 is 15.3 Å². The molecule has 1 amide bonds. The molecule has 1 aliphatic carbocycles. The highest BCUT2D eigenvalue weighted by Crippen LogP contribution is 2.50. The van der Waals surface area contributed by atoms with Gasteiger partial charge >= 0.3 is 5.69 Å². The van der Waals surface area contributed by atoms with Gasteiger partial charge in [-0.1, -0.05) is 37.8 Å². The Hall–Kier alpha value is -4.80. The van der Waals surface area contributed by atoms with Gasteiger partial charge in [0.05, 0.1) is 17.3 Å². The van der Waals surface area contributed by atoms with Gasteiger partial charge in [-0.25, -0.2) is 23.1 Å². The van der Waals surface area contributed by atoms with Crippen molar-refractivity contribution in [2.24, 2.45) is 0 Å². The van der Waals surface area contributed by atoms with Crippen molar-refractivity contribution in [1.82, 2.24) is 19.4 Å². The monoisotopic (exact) mass is 571 g/mol. The van der Waals surface area contributed by atoms with E-state index in [1.807, 2.05) is 17.0 Å². The number of phenolic OH excluding ortho intramolecular Hbond substituents is 1. The van der Waals surface area contributed by atoms with Gasteiger partial charge < -0.3 is 19.6 Å². The maximum Gasteiger partial charge on any atom is 0.355 e. The van der Waals surface area contributed by atoms with Gasteiger partial charge in [0.2, 0.25) is 5.91 Å². The van der Waals surface area contributed by atoms with Gasteiger partial charge in [0.25, 0.3) is 0 Å². The van der Waals surface area contributed by atoms with Gasteiger partial charge in [0.15, 0.2) is 17.2 Å². The number of amides is 1. The molecule has 3 aliphatic rings. The second kappa shape index (κ2) is 9.37. The van der Waals surface area contributed by atoms with Crippen LogP contribution in [-0.2, 0) is 10.2 Å². The topological polar surface area (TPSA) is 101 Å². The molecule has 7 rings (SSSR count). The standard InChI is InChI=1S/C31H27F2N5O4/c1-3-22(40)36-13-14-37-17(15-36)16-42-27-24-28(37)35-30(41)38(20-9-5-4-7-18(20)31(2)11-12-31)29(24)34-26(25(27)33)23-19(32)8-6-10-21(23)39/h3-10,17,39H,1,11-16H2,2H3/t17-/m1/s1. The van der Waals surface area contributed by atoms with Crippen LogP contribution in [0.2, 0.25) is 0 Å². The van der Waals surface area contributed by atoms with E-state index in [9.17, 15) is 14.7 Å². The van der Waals surface area contributed by atoms with Crippen LogP contribution >= 0.6 is 0 Å². The lowest BCUT2D eigenvalue weighted by atomic mass is 9.96. The van der Waals surface area contributed by atoms with E-state index in [1.54, 1.807) is 17.0 Å².